The Labute approximate surface area is 214 Å². The molecule has 0 aliphatic heterocycles. The summed E-state index contributed by atoms with van der Waals surface area (Å²) in [6.07, 6.45) is 0.945. The first-order valence-corrected chi connectivity index (χ1v) is 14.2. The zero-order chi connectivity index (χ0) is 26.1. The average molecular weight is 532 g/mol. The minimum Gasteiger partial charge on any atom is -0.442 e. The van der Waals surface area contributed by atoms with Crippen molar-refractivity contribution in [1.82, 2.24) is 0 Å². The first-order valence-electron chi connectivity index (χ1n) is 10.7. The van der Waals surface area contributed by atoms with E-state index in [4.69, 9.17) is 16.2 Å². The minimum atomic E-state index is -3.89. The number of ether oxygens (including phenoxy) is 1. The van der Waals surface area contributed by atoms with Gasteiger partial charge in [0.2, 0.25) is 9.84 Å². The van der Waals surface area contributed by atoms with Gasteiger partial charge < -0.3 is 16.2 Å². The maximum absolute atomic E-state index is 13.7. The summed E-state index contributed by atoms with van der Waals surface area (Å²) in [6.45, 7) is 9.07. The summed E-state index contributed by atoms with van der Waals surface area (Å²) in [4.78, 5) is 16.4. The molecule has 0 saturated carbocycles. The molecule has 1 aromatic heterocycles. The van der Waals surface area contributed by atoms with Crippen molar-refractivity contribution in [3.63, 3.8) is 0 Å². The largest absolute Gasteiger partial charge is 0.442 e. The van der Waals surface area contributed by atoms with Crippen LogP contribution in [0, 0.1) is 13.8 Å². The normalized spacial score (nSPS) is 12.6. The lowest BCUT2D eigenvalue weighted by atomic mass is 9.97. The second-order valence-electron chi connectivity index (χ2n) is 9.02. The van der Waals surface area contributed by atoms with Crippen LogP contribution in [0.15, 0.2) is 61.5 Å². The Morgan fingerprint density at radius 2 is 1.80 bits per heavy atom. The molecular weight excluding hydrogens is 502 g/mol. The van der Waals surface area contributed by atoms with Gasteiger partial charge in [-0.1, -0.05) is 18.2 Å². The second-order valence-corrected chi connectivity index (χ2v) is 13.1. The number of anilines is 1. The van der Waals surface area contributed by atoms with Crippen LogP contribution in [0.25, 0.3) is 11.1 Å². The van der Waals surface area contributed by atoms with Gasteiger partial charge in [-0.15, -0.1) is 23.1 Å². The van der Waals surface area contributed by atoms with Crippen LogP contribution in [0.1, 0.15) is 36.8 Å². The topological polar surface area (TPSA) is 125 Å². The second kappa shape index (κ2) is 10.0. The maximum Gasteiger partial charge on any atom is 0.436 e. The third kappa shape index (κ3) is 6.06. The number of sulfone groups is 1. The van der Waals surface area contributed by atoms with Gasteiger partial charge in [-0.25, -0.2) is 13.2 Å². The van der Waals surface area contributed by atoms with Gasteiger partial charge in [0.15, 0.2) is 0 Å². The fourth-order valence-electron chi connectivity index (χ4n) is 3.59. The number of thiophene rings is 1. The van der Waals surface area contributed by atoms with E-state index in [2.05, 4.69) is 4.99 Å². The van der Waals surface area contributed by atoms with E-state index in [-0.39, 0.29) is 15.6 Å². The van der Waals surface area contributed by atoms with Crippen molar-refractivity contribution < 1.29 is 17.9 Å². The molecule has 0 atom stereocenters. The van der Waals surface area contributed by atoms with Crippen molar-refractivity contribution in [3.8, 4) is 11.1 Å². The molecule has 7 nitrogen and oxygen atoms in total. The standard InChI is InChI=1S/C25H29N3O4S3/c1-14-10-15(2)21(18(26)11-14)16-8-7-9-17(12-16)35(30,31)20-13-19(34-23(20)33-6)22(27)28-24(29)32-25(3,4)5/h7-13H,26H2,1-6H3,(H2,27,28,29). The number of thioether (sulfide) groups is 1. The molecule has 3 rings (SSSR count). The molecule has 2 aromatic carbocycles. The fraction of sp³-hybridized carbons (Fsp3) is 0.280. The molecular formula is C25H29N3O4S3. The lowest BCUT2D eigenvalue weighted by molar-refractivity contribution is 0.0604. The Morgan fingerprint density at radius 3 is 2.40 bits per heavy atom. The van der Waals surface area contributed by atoms with E-state index in [1.165, 1.54) is 17.8 Å². The molecule has 4 N–H and O–H groups in total. The summed E-state index contributed by atoms with van der Waals surface area (Å²) in [5.41, 5.74) is 15.7. The number of nitrogens with two attached hydrogens (primary N) is 2. The molecule has 0 radical (unpaired) electrons. The number of amidine groups is 1. The molecule has 0 saturated heterocycles. The van der Waals surface area contributed by atoms with Gasteiger partial charge in [0.25, 0.3) is 0 Å². The smallest absolute Gasteiger partial charge is 0.436 e. The molecule has 0 aliphatic rings. The number of carbonyl (C=O) groups is 1. The molecule has 0 spiro atoms. The molecule has 0 aliphatic carbocycles. The van der Waals surface area contributed by atoms with Gasteiger partial charge in [-0.05, 0) is 81.8 Å². The zero-order valence-corrected chi connectivity index (χ0v) is 23.0. The van der Waals surface area contributed by atoms with Crippen molar-refractivity contribution in [3.05, 3.63) is 58.5 Å². The van der Waals surface area contributed by atoms with Crippen LogP contribution in [0.3, 0.4) is 0 Å². The van der Waals surface area contributed by atoms with Crippen LogP contribution < -0.4 is 11.5 Å². The highest BCUT2D eigenvalue weighted by molar-refractivity contribution is 8.01. The first-order chi connectivity index (χ1) is 16.2. The molecule has 0 fully saturated rings. The van der Waals surface area contributed by atoms with Crippen molar-refractivity contribution in [1.29, 1.82) is 0 Å². The summed E-state index contributed by atoms with van der Waals surface area (Å²) < 4.78 is 33.0. The Morgan fingerprint density at radius 1 is 1.11 bits per heavy atom. The Balaban J connectivity index is 2.05. The molecule has 0 unspecified atom stereocenters. The molecule has 1 amide bonds. The predicted octanol–water partition coefficient (Wildman–Crippen LogP) is 5.81. The van der Waals surface area contributed by atoms with E-state index in [0.29, 0.717) is 20.3 Å². The number of benzene rings is 2. The van der Waals surface area contributed by atoms with E-state index in [0.717, 1.165) is 28.0 Å². The lowest BCUT2D eigenvalue weighted by Gasteiger charge is -2.17. The fourth-order valence-corrected chi connectivity index (χ4v) is 7.54. The lowest BCUT2D eigenvalue weighted by Crippen LogP contribution is -2.24. The van der Waals surface area contributed by atoms with Gasteiger partial charge in [-0.2, -0.15) is 4.99 Å². The highest BCUT2D eigenvalue weighted by Crippen LogP contribution is 2.38. The predicted molar refractivity (Wildman–Crippen MR) is 144 cm³/mol. The summed E-state index contributed by atoms with van der Waals surface area (Å²) in [5.74, 6) is -0.0993. The number of hydrogen-bond donors (Lipinski definition) is 2. The number of nitrogens with zero attached hydrogens (tertiary/aromatic N) is 1. The zero-order valence-electron chi connectivity index (χ0n) is 20.5. The van der Waals surface area contributed by atoms with Gasteiger partial charge in [0, 0.05) is 11.3 Å². The maximum atomic E-state index is 13.7. The number of carbonyl (C=O) groups excluding carboxylic acids is 1. The Kier molecular flexibility index (Phi) is 7.68. The van der Waals surface area contributed by atoms with E-state index in [9.17, 15) is 13.2 Å². The third-order valence-electron chi connectivity index (χ3n) is 4.94. The van der Waals surface area contributed by atoms with E-state index < -0.39 is 21.5 Å². The van der Waals surface area contributed by atoms with E-state index >= 15 is 0 Å². The van der Waals surface area contributed by atoms with Crippen molar-refractivity contribution >= 4 is 50.6 Å². The van der Waals surface area contributed by atoms with Gasteiger partial charge in [0.05, 0.1) is 18.9 Å². The Bertz CT molecular complexity index is 1390. The van der Waals surface area contributed by atoms with Crippen LogP contribution in [0.4, 0.5) is 10.5 Å². The number of aryl methyl sites for hydroxylation is 2. The monoisotopic (exact) mass is 531 g/mol. The summed E-state index contributed by atoms with van der Waals surface area (Å²) >= 11 is 2.44. The summed E-state index contributed by atoms with van der Waals surface area (Å²) in [5, 5.41) is 0. The molecule has 1 heterocycles. The highest BCUT2D eigenvalue weighted by Gasteiger charge is 2.26. The van der Waals surface area contributed by atoms with Crippen LogP contribution in [-0.4, -0.2) is 32.2 Å². The minimum absolute atomic E-state index is 0.0993. The molecule has 0 bridgehead atoms. The molecule has 35 heavy (non-hydrogen) atoms. The molecule has 3 aromatic rings. The summed E-state index contributed by atoms with van der Waals surface area (Å²) in [7, 11) is -3.89. The summed E-state index contributed by atoms with van der Waals surface area (Å²) in [6, 6.07) is 12.1. The van der Waals surface area contributed by atoms with Crippen LogP contribution >= 0.6 is 23.1 Å². The number of aliphatic imine (C=N–C) groups is 1. The number of hydrogen-bond acceptors (Lipinski definition) is 7. The molecule has 186 valence electrons. The third-order valence-corrected chi connectivity index (χ3v) is 9.27. The Hall–Kier alpha value is -2.82. The van der Waals surface area contributed by atoms with Gasteiger partial charge in [-0.3, -0.25) is 0 Å². The number of amides is 1. The highest BCUT2D eigenvalue weighted by atomic mass is 32.2. The average Bonchev–Trinajstić information content (AvgIpc) is 3.17. The van der Waals surface area contributed by atoms with E-state index in [1.807, 2.05) is 32.0 Å². The van der Waals surface area contributed by atoms with Crippen LogP contribution in [0.2, 0.25) is 0 Å². The number of rotatable bonds is 5. The first kappa shape index (κ1) is 26.8. The van der Waals surface area contributed by atoms with Gasteiger partial charge >= 0.3 is 6.09 Å². The van der Waals surface area contributed by atoms with Crippen LogP contribution in [0.5, 0.6) is 0 Å². The quantitative estimate of drug-likeness (QED) is 0.184. The van der Waals surface area contributed by atoms with Crippen molar-refractivity contribution in [2.45, 2.75) is 54.2 Å². The van der Waals surface area contributed by atoms with Crippen molar-refractivity contribution in [2.24, 2.45) is 10.7 Å². The van der Waals surface area contributed by atoms with Gasteiger partial charge in [0.1, 0.15) is 11.4 Å². The molecule has 10 heteroatoms. The van der Waals surface area contributed by atoms with E-state index in [1.54, 1.807) is 45.2 Å². The van der Waals surface area contributed by atoms with Crippen LogP contribution in [-0.2, 0) is 14.6 Å². The van der Waals surface area contributed by atoms with Crippen molar-refractivity contribution in [2.75, 3.05) is 12.0 Å². The SMILES string of the molecule is CSc1sc(/C(N)=N\C(=O)OC(C)(C)C)cc1S(=O)(=O)c1cccc(-c2c(C)cc(C)cc2N)c1. The number of nitrogen functional groups attached to an aromatic ring is 1.